The van der Waals surface area contributed by atoms with E-state index in [1.165, 1.54) is 0 Å². The molecule has 3 heteroatoms. The van der Waals surface area contributed by atoms with Crippen LogP contribution in [0, 0.1) is 12.1 Å². The molecule has 0 unspecified atom stereocenters. The first-order valence-corrected chi connectivity index (χ1v) is 4.94. The van der Waals surface area contributed by atoms with Crippen LogP contribution in [0.15, 0.2) is 54.6 Å². The predicted molar refractivity (Wildman–Crippen MR) is 63.9 cm³/mol. The van der Waals surface area contributed by atoms with E-state index in [2.05, 4.69) is 17.4 Å². The molecule has 2 aromatic carbocycles. The van der Waals surface area contributed by atoms with Crippen molar-refractivity contribution in [3.05, 3.63) is 72.3 Å². The summed E-state index contributed by atoms with van der Waals surface area (Å²) in [5.74, 6) is -0.0611. The molecule has 87 valence electrons. The third-order valence-electron chi connectivity index (χ3n) is 1.81. The van der Waals surface area contributed by atoms with Crippen molar-refractivity contribution in [3.8, 4) is 0 Å². The maximum absolute atomic E-state index is 10.9. The molecule has 2 nitrogen and oxygen atoms in total. The van der Waals surface area contributed by atoms with Crippen LogP contribution in [0.5, 0.6) is 0 Å². The van der Waals surface area contributed by atoms with E-state index in [0.717, 1.165) is 0 Å². The smallest absolute Gasteiger partial charge is 0.357 e. The van der Waals surface area contributed by atoms with Crippen molar-refractivity contribution in [2.45, 2.75) is 0 Å². The van der Waals surface area contributed by atoms with Gasteiger partial charge in [-0.25, -0.2) is 0 Å². The van der Waals surface area contributed by atoms with Crippen molar-refractivity contribution in [3.63, 3.8) is 0 Å². The summed E-state index contributed by atoms with van der Waals surface area (Å²) >= 11 is 0. The van der Waals surface area contributed by atoms with E-state index in [4.69, 9.17) is 0 Å². The number of hydrogen-bond acceptors (Lipinski definition) is 1. The van der Waals surface area contributed by atoms with Crippen LogP contribution in [0.1, 0.15) is 10.4 Å². The van der Waals surface area contributed by atoms with Crippen LogP contribution < -0.4 is 5.32 Å². The van der Waals surface area contributed by atoms with E-state index in [-0.39, 0.29) is 23.0 Å². The summed E-state index contributed by atoms with van der Waals surface area (Å²) in [5.41, 5.74) is 0.668. The van der Waals surface area contributed by atoms with Gasteiger partial charge in [-0.2, -0.15) is 66.7 Å². The monoisotopic (exact) mass is 266 g/mol. The molecule has 1 N–H and O–H groups in total. The zero-order chi connectivity index (χ0) is 11.6. The van der Waals surface area contributed by atoms with Crippen LogP contribution in [0.3, 0.4) is 0 Å². The Labute approximate surface area is 113 Å². The van der Waals surface area contributed by atoms with E-state index in [0.29, 0.717) is 5.56 Å². The Balaban J connectivity index is 0.000000316. The molecule has 17 heavy (non-hydrogen) atoms. The molecule has 0 saturated carbocycles. The van der Waals surface area contributed by atoms with Gasteiger partial charge in [-0.05, 0) is 0 Å². The van der Waals surface area contributed by atoms with Gasteiger partial charge in [0.15, 0.2) is 0 Å². The standard InChI is InChI=1S/C8H8NO.C6H5.Mn/c1-9-8(10)7-5-3-2-4-6-7;1-2-4-6-5-3-1;/h3-6H,1H3,(H,9,10);1-5H;/q2*-1;+2. The van der Waals surface area contributed by atoms with Gasteiger partial charge in [0.05, 0.1) is 0 Å². The first kappa shape index (κ1) is 15.4. The molecule has 2 rings (SSSR count). The summed E-state index contributed by atoms with van der Waals surface area (Å²) in [7, 11) is 1.61. The van der Waals surface area contributed by atoms with Crippen LogP contribution in [0.25, 0.3) is 0 Å². The second kappa shape index (κ2) is 9.64. The number of carbonyl (C=O) groups is 1. The zero-order valence-corrected chi connectivity index (χ0v) is 10.7. The molecule has 2 aromatic rings. The number of hydrogen-bond donors (Lipinski definition) is 1. The summed E-state index contributed by atoms with van der Waals surface area (Å²) in [6.45, 7) is 0. The minimum atomic E-state index is -0.0611. The van der Waals surface area contributed by atoms with Crippen LogP contribution >= 0.6 is 0 Å². The molecular weight excluding hydrogens is 253 g/mol. The van der Waals surface area contributed by atoms with Crippen molar-refractivity contribution < 1.29 is 21.9 Å². The van der Waals surface area contributed by atoms with Crippen LogP contribution in [-0.2, 0) is 17.1 Å². The molecule has 0 aliphatic rings. The Bertz CT molecular complexity index is 376. The van der Waals surface area contributed by atoms with Gasteiger partial charge in [0.1, 0.15) is 0 Å². The molecule has 0 aliphatic heterocycles. The summed E-state index contributed by atoms with van der Waals surface area (Å²) in [4.78, 5) is 10.9. The minimum Gasteiger partial charge on any atom is -0.357 e. The molecular formula is C14H13MnNO. The molecule has 0 saturated heterocycles. The molecule has 1 radical (unpaired) electrons. The number of nitrogens with one attached hydrogen (secondary N) is 1. The summed E-state index contributed by atoms with van der Waals surface area (Å²) < 4.78 is 0. The quantitative estimate of drug-likeness (QED) is 0.623. The first-order chi connectivity index (χ1) is 7.84. The van der Waals surface area contributed by atoms with Crippen molar-refractivity contribution in [1.29, 1.82) is 0 Å². The van der Waals surface area contributed by atoms with Crippen LogP contribution in [0.4, 0.5) is 0 Å². The van der Waals surface area contributed by atoms with Gasteiger partial charge in [-0.15, -0.1) is 0 Å². The van der Waals surface area contributed by atoms with Crippen LogP contribution in [0.2, 0.25) is 0 Å². The molecule has 0 aromatic heterocycles. The Morgan fingerprint density at radius 2 is 1.53 bits per heavy atom. The third-order valence-corrected chi connectivity index (χ3v) is 1.81. The largest absolute Gasteiger partial charge is 2.00 e. The van der Waals surface area contributed by atoms with Crippen molar-refractivity contribution in [1.82, 2.24) is 5.32 Å². The van der Waals surface area contributed by atoms with Gasteiger partial charge in [0.25, 0.3) is 0 Å². The molecule has 1 amide bonds. The maximum atomic E-state index is 10.9. The Hall–Kier alpha value is -1.57. The molecule has 0 aliphatic carbocycles. The van der Waals surface area contributed by atoms with E-state index in [1.54, 1.807) is 31.3 Å². The average molecular weight is 266 g/mol. The summed E-state index contributed by atoms with van der Waals surface area (Å²) in [5, 5.41) is 2.53. The molecule has 0 atom stereocenters. The molecule has 0 spiro atoms. The fourth-order valence-electron chi connectivity index (χ4n) is 1.02. The first-order valence-electron chi connectivity index (χ1n) is 4.94. The minimum absolute atomic E-state index is 0. The van der Waals surface area contributed by atoms with Crippen molar-refractivity contribution >= 4 is 5.91 Å². The van der Waals surface area contributed by atoms with Crippen molar-refractivity contribution in [2.75, 3.05) is 7.05 Å². The van der Waals surface area contributed by atoms with E-state index in [9.17, 15) is 4.79 Å². The van der Waals surface area contributed by atoms with Gasteiger partial charge < -0.3 is 5.32 Å². The Morgan fingerprint density at radius 3 is 1.88 bits per heavy atom. The van der Waals surface area contributed by atoms with Gasteiger partial charge in [0.2, 0.25) is 5.91 Å². The van der Waals surface area contributed by atoms with Gasteiger partial charge in [-0.1, -0.05) is 5.56 Å². The number of rotatable bonds is 1. The second-order valence-electron chi connectivity index (χ2n) is 2.95. The van der Waals surface area contributed by atoms with Crippen LogP contribution in [-0.4, -0.2) is 13.0 Å². The van der Waals surface area contributed by atoms with E-state index < -0.39 is 0 Å². The fourth-order valence-corrected chi connectivity index (χ4v) is 1.02. The van der Waals surface area contributed by atoms with Crippen molar-refractivity contribution in [2.24, 2.45) is 0 Å². The van der Waals surface area contributed by atoms with Gasteiger partial charge >= 0.3 is 17.1 Å². The molecule has 0 bridgehead atoms. The van der Waals surface area contributed by atoms with E-state index in [1.807, 2.05) is 30.3 Å². The second-order valence-corrected chi connectivity index (χ2v) is 2.95. The maximum Gasteiger partial charge on any atom is 2.00 e. The third kappa shape index (κ3) is 6.56. The molecule has 0 fully saturated rings. The number of benzene rings is 2. The summed E-state index contributed by atoms with van der Waals surface area (Å²) in [6.07, 6.45) is 0. The number of carbonyl (C=O) groups excluding carboxylic acids is 1. The predicted octanol–water partition coefficient (Wildman–Crippen LogP) is 2.33. The van der Waals surface area contributed by atoms with E-state index >= 15 is 0 Å². The van der Waals surface area contributed by atoms with Gasteiger partial charge in [0, 0.05) is 7.05 Å². The SMILES string of the molecule is CNC(=O)c1cc[c-]cc1.[Mn+2].[c-]1ccccc1. The summed E-state index contributed by atoms with van der Waals surface area (Å²) in [6, 6.07) is 22.2. The fraction of sp³-hybridized carbons (Fsp3) is 0.0714. The Morgan fingerprint density at radius 1 is 1.00 bits per heavy atom. The molecule has 0 heterocycles. The van der Waals surface area contributed by atoms with Gasteiger partial charge in [-0.3, -0.25) is 4.79 Å². The average Bonchev–Trinajstić information content (AvgIpc) is 2.41. The Kier molecular flexibility index (Phi) is 8.75. The number of amides is 1. The topological polar surface area (TPSA) is 29.1 Å². The normalized spacial score (nSPS) is 8.06. The zero-order valence-electron chi connectivity index (χ0n) is 9.48.